The number of carbonyl (C=O) groups is 1. The molecule has 1 fully saturated rings. The van der Waals surface area contributed by atoms with Crippen molar-refractivity contribution >= 4 is 5.78 Å². The molecule has 0 aromatic rings. The van der Waals surface area contributed by atoms with Gasteiger partial charge in [0.25, 0.3) is 0 Å². The molecule has 1 aliphatic carbocycles. The molecular weight excluding hydrogens is 148 g/mol. The first-order chi connectivity index (χ1) is 5.58. The van der Waals surface area contributed by atoms with Crippen LogP contribution in [0.2, 0.25) is 0 Å². The standard InChI is InChI=1S/C11H18O/c1-4-10-6-5-7-11(10,3)8-9(2)12/h4H,5-8H2,1-3H3/b10-4-. The molecule has 1 aliphatic rings. The summed E-state index contributed by atoms with van der Waals surface area (Å²) in [6, 6.07) is 0. The van der Waals surface area contributed by atoms with Crippen molar-refractivity contribution in [3.8, 4) is 0 Å². The third kappa shape index (κ3) is 1.77. The molecule has 1 unspecified atom stereocenters. The lowest BCUT2D eigenvalue weighted by Crippen LogP contribution is -2.17. The van der Waals surface area contributed by atoms with E-state index in [2.05, 4.69) is 19.9 Å². The van der Waals surface area contributed by atoms with Crippen LogP contribution in [0.3, 0.4) is 0 Å². The first-order valence-electron chi connectivity index (χ1n) is 4.73. The van der Waals surface area contributed by atoms with Crippen LogP contribution in [0.4, 0.5) is 0 Å². The fourth-order valence-electron chi connectivity index (χ4n) is 2.38. The molecule has 0 aromatic carbocycles. The minimum absolute atomic E-state index is 0.195. The van der Waals surface area contributed by atoms with Crippen LogP contribution in [0, 0.1) is 5.41 Å². The lowest BCUT2D eigenvalue weighted by atomic mass is 9.80. The van der Waals surface area contributed by atoms with Gasteiger partial charge < -0.3 is 0 Å². The summed E-state index contributed by atoms with van der Waals surface area (Å²) in [4.78, 5) is 11.0. The molecule has 0 amide bonds. The molecule has 1 nitrogen and oxygen atoms in total. The molecule has 0 bridgehead atoms. The van der Waals surface area contributed by atoms with Crippen molar-refractivity contribution in [1.29, 1.82) is 0 Å². The summed E-state index contributed by atoms with van der Waals surface area (Å²) in [5, 5.41) is 0. The molecule has 0 aliphatic heterocycles. The average Bonchev–Trinajstić information content (AvgIpc) is 2.28. The van der Waals surface area contributed by atoms with Gasteiger partial charge in [0.15, 0.2) is 0 Å². The highest BCUT2D eigenvalue weighted by Crippen LogP contribution is 2.45. The summed E-state index contributed by atoms with van der Waals surface area (Å²) in [6.07, 6.45) is 6.55. The average molecular weight is 166 g/mol. The van der Waals surface area contributed by atoms with E-state index in [1.807, 2.05) is 0 Å². The Bertz CT molecular complexity index is 215. The number of carbonyl (C=O) groups excluding carboxylic acids is 1. The minimum Gasteiger partial charge on any atom is -0.300 e. The first kappa shape index (κ1) is 9.50. The van der Waals surface area contributed by atoms with Crippen LogP contribution in [0.15, 0.2) is 11.6 Å². The molecule has 1 rings (SSSR count). The third-order valence-electron chi connectivity index (χ3n) is 2.94. The van der Waals surface area contributed by atoms with E-state index in [9.17, 15) is 4.79 Å². The summed E-state index contributed by atoms with van der Waals surface area (Å²) in [6.45, 7) is 5.99. The van der Waals surface area contributed by atoms with Crippen molar-refractivity contribution < 1.29 is 4.79 Å². The summed E-state index contributed by atoms with van der Waals surface area (Å²) < 4.78 is 0. The van der Waals surface area contributed by atoms with Crippen LogP contribution in [0.5, 0.6) is 0 Å². The maximum atomic E-state index is 11.0. The Morgan fingerprint density at radius 2 is 2.33 bits per heavy atom. The summed E-state index contributed by atoms with van der Waals surface area (Å²) in [7, 11) is 0. The molecule has 0 heterocycles. The van der Waals surface area contributed by atoms with Gasteiger partial charge in [0.2, 0.25) is 0 Å². The van der Waals surface area contributed by atoms with Gasteiger partial charge in [-0.25, -0.2) is 0 Å². The fourth-order valence-corrected chi connectivity index (χ4v) is 2.38. The lowest BCUT2D eigenvalue weighted by Gasteiger charge is -2.24. The van der Waals surface area contributed by atoms with E-state index >= 15 is 0 Å². The molecule has 0 N–H and O–H groups in total. The molecule has 68 valence electrons. The van der Waals surface area contributed by atoms with Gasteiger partial charge in [-0.15, -0.1) is 0 Å². The van der Waals surface area contributed by atoms with Crippen molar-refractivity contribution in [3.05, 3.63) is 11.6 Å². The lowest BCUT2D eigenvalue weighted by molar-refractivity contribution is -0.118. The number of hydrogen-bond acceptors (Lipinski definition) is 1. The zero-order chi connectivity index (χ0) is 9.19. The van der Waals surface area contributed by atoms with Gasteiger partial charge in [0.05, 0.1) is 0 Å². The van der Waals surface area contributed by atoms with Crippen LogP contribution in [0.1, 0.15) is 46.5 Å². The quantitative estimate of drug-likeness (QED) is 0.576. The first-order valence-corrected chi connectivity index (χ1v) is 4.73. The highest BCUT2D eigenvalue weighted by Gasteiger charge is 2.33. The van der Waals surface area contributed by atoms with Gasteiger partial charge in [-0.3, -0.25) is 4.79 Å². The van der Waals surface area contributed by atoms with Gasteiger partial charge in [0.1, 0.15) is 5.78 Å². The third-order valence-corrected chi connectivity index (χ3v) is 2.94. The predicted molar refractivity (Wildman–Crippen MR) is 51.0 cm³/mol. The van der Waals surface area contributed by atoms with E-state index in [0.717, 1.165) is 6.42 Å². The van der Waals surface area contributed by atoms with Crippen molar-refractivity contribution in [2.45, 2.75) is 46.5 Å². The van der Waals surface area contributed by atoms with Gasteiger partial charge in [0, 0.05) is 6.42 Å². The van der Waals surface area contributed by atoms with E-state index in [1.54, 1.807) is 6.92 Å². The second-order valence-corrected chi connectivity index (χ2v) is 4.11. The number of ketones is 1. The highest BCUT2D eigenvalue weighted by atomic mass is 16.1. The van der Waals surface area contributed by atoms with Crippen LogP contribution in [-0.2, 0) is 4.79 Å². The Balaban J connectivity index is 2.75. The van der Waals surface area contributed by atoms with Gasteiger partial charge in [-0.2, -0.15) is 0 Å². The Morgan fingerprint density at radius 3 is 2.83 bits per heavy atom. The molecule has 12 heavy (non-hydrogen) atoms. The molecule has 1 saturated carbocycles. The maximum Gasteiger partial charge on any atom is 0.130 e. The number of rotatable bonds is 2. The molecular formula is C11H18O. The van der Waals surface area contributed by atoms with Crippen molar-refractivity contribution in [1.82, 2.24) is 0 Å². The topological polar surface area (TPSA) is 17.1 Å². The summed E-state index contributed by atoms with van der Waals surface area (Å²) >= 11 is 0. The molecule has 0 aromatic heterocycles. The molecule has 0 saturated heterocycles. The summed E-state index contributed by atoms with van der Waals surface area (Å²) in [5.74, 6) is 0.318. The molecule has 0 spiro atoms. The van der Waals surface area contributed by atoms with Crippen molar-refractivity contribution in [2.75, 3.05) is 0 Å². The Kier molecular flexibility index (Phi) is 2.71. The van der Waals surface area contributed by atoms with Crippen molar-refractivity contribution in [3.63, 3.8) is 0 Å². The molecule has 0 radical (unpaired) electrons. The Labute approximate surface area is 74.9 Å². The summed E-state index contributed by atoms with van der Waals surface area (Å²) in [5.41, 5.74) is 1.68. The van der Waals surface area contributed by atoms with E-state index in [0.29, 0.717) is 5.78 Å². The minimum atomic E-state index is 0.195. The smallest absolute Gasteiger partial charge is 0.130 e. The Morgan fingerprint density at radius 1 is 1.67 bits per heavy atom. The van der Waals surface area contributed by atoms with Crippen LogP contribution >= 0.6 is 0 Å². The van der Waals surface area contributed by atoms with Crippen LogP contribution in [-0.4, -0.2) is 5.78 Å². The second kappa shape index (κ2) is 3.42. The van der Waals surface area contributed by atoms with Gasteiger partial charge >= 0.3 is 0 Å². The van der Waals surface area contributed by atoms with Gasteiger partial charge in [-0.05, 0) is 38.5 Å². The molecule has 1 atom stereocenters. The van der Waals surface area contributed by atoms with Crippen molar-refractivity contribution in [2.24, 2.45) is 5.41 Å². The number of hydrogen-bond donors (Lipinski definition) is 0. The highest BCUT2D eigenvalue weighted by molar-refractivity contribution is 5.76. The Hall–Kier alpha value is -0.590. The molecule has 1 heteroatoms. The number of Topliss-reactive ketones (excluding diaryl/α,β-unsaturated/α-hetero) is 1. The predicted octanol–water partition coefficient (Wildman–Crippen LogP) is 3.10. The normalized spacial score (nSPS) is 32.8. The van der Waals surface area contributed by atoms with Crippen LogP contribution in [0.25, 0.3) is 0 Å². The maximum absolute atomic E-state index is 11.0. The van der Waals surface area contributed by atoms with Crippen LogP contribution < -0.4 is 0 Å². The van der Waals surface area contributed by atoms with E-state index in [-0.39, 0.29) is 5.41 Å². The zero-order valence-corrected chi connectivity index (χ0v) is 8.31. The SMILES string of the molecule is C/C=C1/CCCC1(C)CC(C)=O. The van der Waals surface area contributed by atoms with E-state index in [1.165, 1.54) is 24.8 Å². The second-order valence-electron chi connectivity index (χ2n) is 4.11. The largest absolute Gasteiger partial charge is 0.300 e. The zero-order valence-electron chi connectivity index (χ0n) is 8.31. The van der Waals surface area contributed by atoms with E-state index < -0.39 is 0 Å². The van der Waals surface area contributed by atoms with E-state index in [4.69, 9.17) is 0 Å². The van der Waals surface area contributed by atoms with Gasteiger partial charge in [-0.1, -0.05) is 18.6 Å². The fraction of sp³-hybridized carbons (Fsp3) is 0.727. The number of allylic oxidation sites excluding steroid dienone is 2. The monoisotopic (exact) mass is 166 g/mol.